The average molecular weight is 271 g/mol. The molecule has 0 aliphatic heterocycles. The molecule has 1 amide bonds. The predicted octanol–water partition coefficient (Wildman–Crippen LogP) is 0.0617. The monoisotopic (exact) mass is 271 g/mol. The molecule has 0 saturated heterocycles. The maximum absolute atomic E-state index is 11.8. The molecule has 7 nitrogen and oxygen atoms in total. The molecule has 1 N–H and O–H groups in total. The molecule has 18 heavy (non-hydrogen) atoms. The minimum Gasteiger partial charge on any atom is -0.343 e. The van der Waals surface area contributed by atoms with Crippen molar-refractivity contribution in [1.29, 1.82) is 0 Å². The first kappa shape index (κ1) is 11.6. The van der Waals surface area contributed by atoms with Gasteiger partial charge in [-0.15, -0.1) is 0 Å². The fourth-order valence-electron chi connectivity index (χ4n) is 2.63. The SMILES string of the molecule is O=C(NS(=O)(=O)Cc1ncon1)C1C[C@@H]2C[C@@H]2C1. The summed E-state index contributed by atoms with van der Waals surface area (Å²) in [6.45, 7) is 0. The number of amides is 1. The van der Waals surface area contributed by atoms with E-state index in [9.17, 15) is 13.2 Å². The van der Waals surface area contributed by atoms with Crippen LogP contribution in [-0.2, 0) is 20.6 Å². The molecule has 3 rings (SSSR count). The summed E-state index contributed by atoms with van der Waals surface area (Å²) in [5.41, 5.74) is 0. The van der Waals surface area contributed by atoms with E-state index in [-0.39, 0.29) is 11.7 Å². The van der Waals surface area contributed by atoms with Crippen LogP contribution in [0.2, 0.25) is 0 Å². The molecule has 0 radical (unpaired) electrons. The van der Waals surface area contributed by atoms with Crippen LogP contribution in [0.3, 0.4) is 0 Å². The van der Waals surface area contributed by atoms with Gasteiger partial charge in [0, 0.05) is 5.92 Å². The Morgan fingerprint density at radius 2 is 2.11 bits per heavy atom. The van der Waals surface area contributed by atoms with E-state index >= 15 is 0 Å². The van der Waals surface area contributed by atoms with Crippen LogP contribution in [0, 0.1) is 17.8 Å². The van der Waals surface area contributed by atoms with Crippen LogP contribution in [0.15, 0.2) is 10.9 Å². The second-order valence-electron chi connectivity index (χ2n) is 5.00. The van der Waals surface area contributed by atoms with Crippen LogP contribution >= 0.6 is 0 Å². The quantitative estimate of drug-likeness (QED) is 0.830. The molecule has 0 aromatic carbocycles. The van der Waals surface area contributed by atoms with Gasteiger partial charge in [0.25, 0.3) is 0 Å². The third kappa shape index (κ3) is 2.38. The first-order chi connectivity index (χ1) is 8.53. The highest BCUT2D eigenvalue weighted by Gasteiger charge is 2.48. The van der Waals surface area contributed by atoms with Gasteiger partial charge >= 0.3 is 0 Å². The molecule has 8 heteroatoms. The zero-order chi connectivity index (χ0) is 12.8. The summed E-state index contributed by atoms with van der Waals surface area (Å²) in [6, 6.07) is 0. The lowest BCUT2D eigenvalue weighted by Gasteiger charge is -2.11. The van der Waals surface area contributed by atoms with Crippen LogP contribution in [0.5, 0.6) is 0 Å². The highest BCUT2D eigenvalue weighted by atomic mass is 32.2. The Morgan fingerprint density at radius 3 is 2.72 bits per heavy atom. The van der Waals surface area contributed by atoms with Gasteiger partial charge in [-0.25, -0.2) is 8.42 Å². The van der Waals surface area contributed by atoms with E-state index in [0.29, 0.717) is 11.8 Å². The third-order valence-corrected chi connectivity index (χ3v) is 4.75. The van der Waals surface area contributed by atoms with Crippen molar-refractivity contribution in [1.82, 2.24) is 14.9 Å². The number of sulfonamides is 1. The van der Waals surface area contributed by atoms with Crippen LogP contribution < -0.4 is 4.72 Å². The average Bonchev–Trinajstić information content (AvgIpc) is 2.74. The number of rotatable bonds is 4. The topological polar surface area (TPSA) is 102 Å². The van der Waals surface area contributed by atoms with Crippen LogP contribution in [0.25, 0.3) is 0 Å². The molecule has 1 heterocycles. The lowest BCUT2D eigenvalue weighted by atomic mass is 10.0. The predicted molar refractivity (Wildman–Crippen MR) is 59.4 cm³/mol. The second-order valence-corrected chi connectivity index (χ2v) is 6.72. The Kier molecular flexibility index (Phi) is 2.61. The minimum absolute atomic E-state index is 0.0459. The normalized spacial score (nSPS) is 29.9. The molecule has 3 atom stereocenters. The van der Waals surface area contributed by atoms with Crippen LogP contribution in [-0.4, -0.2) is 24.5 Å². The molecule has 1 aromatic heterocycles. The molecular formula is C10H13N3O4S. The number of aromatic nitrogens is 2. The van der Waals surface area contributed by atoms with Gasteiger partial charge in [0.1, 0.15) is 5.75 Å². The largest absolute Gasteiger partial charge is 0.343 e. The van der Waals surface area contributed by atoms with Gasteiger partial charge in [-0.1, -0.05) is 5.16 Å². The van der Waals surface area contributed by atoms with Crippen LogP contribution in [0.4, 0.5) is 0 Å². The van der Waals surface area contributed by atoms with Crippen molar-refractivity contribution in [3.63, 3.8) is 0 Å². The fraction of sp³-hybridized carbons (Fsp3) is 0.700. The Morgan fingerprint density at radius 1 is 1.39 bits per heavy atom. The number of nitrogens with zero attached hydrogens (tertiary/aromatic N) is 2. The molecule has 0 bridgehead atoms. The lowest BCUT2D eigenvalue weighted by molar-refractivity contribution is -0.123. The minimum atomic E-state index is -3.73. The summed E-state index contributed by atoms with van der Waals surface area (Å²) in [7, 11) is -3.73. The highest BCUT2D eigenvalue weighted by molar-refractivity contribution is 7.89. The van der Waals surface area contributed by atoms with Gasteiger partial charge in [-0.2, -0.15) is 4.98 Å². The lowest BCUT2D eigenvalue weighted by Crippen LogP contribution is -2.36. The summed E-state index contributed by atoms with van der Waals surface area (Å²) in [5, 5.41) is 3.41. The van der Waals surface area contributed by atoms with E-state index in [4.69, 9.17) is 0 Å². The Hall–Kier alpha value is -1.44. The number of hydrogen-bond donors (Lipinski definition) is 1. The molecule has 0 spiro atoms. The number of carbonyl (C=O) groups excluding carboxylic acids is 1. The number of carbonyl (C=O) groups is 1. The Labute approximate surface area is 104 Å². The molecule has 2 fully saturated rings. The Balaban J connectivity index is 1.59. The summed E-state index contributed by atoms with van der Waals surface area (Å²) in [4.78, 5) is 15.4. The van der Waals surface area contributed by atoms with Crippen molar-refractivity contribution in [2.75, 3.05) is 0 Å². The molecule has 1 unspecified atom stereocenters. The number of hydrogen-bond acceptors (Lipinski definition) is 6. The van der Waals surface area contributed by atoms with Gasteiger partial charge in [-0.05, 0) is 31.1 Å². The zero-order valence-corrected chi connectivity index (χ0v) is 10.4. The first-order valence-corrected chi connectivity index (χ1v) is 7.48. The molecule has 2 aliphatic rings. The van der Waals surface area contributed by atoms with Crippen molar-refractivity contribution in [2.24, 2.45) is 17.8 Å². The summed E-state index contributed by atoms with van der Waals surface area (Å²) < 4.78 is 29.9. The van der Waals surface area contributed by atoms with Crippen molar-refractivity contribution in [3.05, 3.63) is 12.2 Å². The summed E-state index contributed by atoms with van der Waals surface area (Å²) in [5.74, 6) is 0.333. The van der Waals surface area contributed by atoms with Gasteiger partial charge in [0.05, 0.1) is 0 Å². The van der Waals surface area contributed by atoms with Crippen molar-refractivity contribution in [3.8, 4) is 0 Å². The molecule has 2 aliphatic carbocycles. The number of fused-ring (bicyclic) bond motifs is 1. The van der Waals surface area contributed by atoms with E-state index in [1.165, 1.54) is 6.42 Å². The maximum Gasteiger partial charge on any atom is 0.242 e. The molecule has 2 saturated carbocycles. The van der Waals surface area contributed by atoms with E-state index < -0.39 is 21.7 Å². The standard InChI is InChI=1S/C10H13N3O4S/c14-10(8-2-6-1-7(6)3-8)13-18(15,16)4-9-11-5-17-12-9/h5-8H,1-4H2,(H,13,14)/t6-,7+,8?. The maximum atomic E-state index is 11.8. The molecular weight excluding hydrogens is 258 g/mol. The van der Waals surface area contributed by atoms with Crippen molar-refractivity contribution >= 4 is 15.9 Å². The fourth-order valence-corrected chi connectivity index (χ4v) is 3.64. The number of nitrogens with one attached hydrogen (secondary N) is 1. The Bertz CT molecular complexity index is 544. The van der Waals surface area contributed by atoms with E-state index in [1.807, 2.05) is 0 Å². The third-order valence-electron chi connectivity index (χ3n) is 3.60. The smallest absolute Gasteiger partial charge is 0.242 e. The van der Waals surface area contributed by atoms with Crippen LogP contribution in [0.1, 0.15) is 25.1 Å². The van der Waals surface area contributed by atoms with Crippen molar-refractivity contribution in [2.45, 2.75) is 25.0 Å². The van der Waals surface area contributed by atoms with Gasteiger partial charge in [0.2, 0.25) is 22.3 Å². The summed E-state index contributed by atoms with van der Waals surface area (Å²) in [6.07, 6.45) is 3.87. The highest BCUT2D eigenvalue weighted by Crippen LogP contribution is 2.54. The van der Waals surface area contributed by atoms with E-state index in [2.05, 4.69) is 19.4 Å². The van der Waals surface area contributed by atoms with Gasteiger partial charge in [0.15, 0.2) is 5.82 Å². The second kappa shape index (κ2) is 4.04. The van der Waals surface area contributed by atoms with Gasteiger partial charge in [-0.3, -0.25) is 9.52 Å². The van der Waals surface area contributed by atoms with Gasteiger partial charge < -0.3 is 4.52 Å². The summed E-state index contributed by atoms with van der Waals surface area (Å²) >= 11 is 0. The molecule has 98 valence electrons. The van der Waals surface area contributed by atoms with Crippen molar-refractivity contribution < 1.29 is 17.7 Å². The first-order valence-electron chi connectivity index (χ1n) is 5.83. The molecule has 1 aromatic rings. The van der Waals surface area contributed by atoms with E-state index in [0.717, 1.165) is 19.2 Å². The zero-order valence-electron chi connectivity index (χ0n) is 9.57. The van der Waals surface area contributed by atoms with E-state index in [1.54, 1.807) is 0 Å².